The lowest BCUT2D eigenvalue weighted by molar-refractivity contribution is -0.139. The lowest BCUT2D eigenvalue weighted by Gasteiger charge is -2.26. The van der Waals surface area contributed by atoms with Crippen LogP contribution in [0.2, 0.25) is 0 Å². The molecule has 0 amide bonds. The van der Waals surface area contributed by atoms with Crippen LogP contribution < -0.4 is 29.1 Å². The number of thiazole rings is 1. The zero-order valence-electron chi connectivity index (χ0n) is 24.4. The van der Waals surface area contributed by atoms with Crippen LogP contribution in [0.25, 0.3) is 6.08 Å². The third kappa shape index (κ3) is 5.91. The van der Waals surface area contributed by atoms with Crippen LogP contribution in [0.1, 0.15) is 42.1 Å². The van der Waals surface area contributed by atoms with E-state index in [-0.39, 0.29) is 24.3 Å². The van der Waals surface area contributed by atoms with Gasteiger partial charge in [0.05, 0.1) is 52.7 Å². The number of aromatic nitrogens is 1. The number of esters is 1. The molecule has 224 valence electrons. The van der Waals surface area contributed by atoms with E-state index >= 15 is 0 Å². The van der Waals surface area contributed by atoms with Crippen molar-refractivity contribution in [2.45, 2.75) is 26.5 Å². The van der Waals surface area contributed by atoms with E-state index in [1.54, 1.807) is 50.3 Å². The van der Waals surface area contributed by atoms with E-state index in [4.69, 9.17) is 18.9 Å². The largest absolute Gasteiger partial charge is 0.493 e. The molecular formula is C33H28BrN3O6S. The number of fused-ring (bicyclic) bond motifs is 1. The number of ether oxygens (including phenoxy) is 4. The number of nitriles is 1. The molecule has 0 N–H and O–H groups in total. The molecule has 0 unspecified atom stereocenters. The average Bonchev–Trinajstić information content (AvgIpc) is 3.33. The number of halogens is 1. The Bertz CT molecular complexity index is 2010. The molecule has 0 aliphatic carbocycles. The molecule has 3 aromatic carbocycles. The van der Waals surface area contributed by atoms with Crippen molar-refractivity contribution in [3.8, 4) is 23.3 Å². The standard InChI is InChI=1S/C33H28BrN3O6S/c1-5-42-32(39)28-19(2)36-33-37(29(28)23-11-8-12-26(40-3)30(23)41-4)31(38)27(44-33)16-20-13-14-25(24(34)15-20)43-18-22-10-7-6-9-21(22)17-35/h6-16,29H,5,18H2,1-4H3/b27-16-/t29-/m1/s1. The SMILES string of the molecule is CCOC(=O)C1=C(C)N=c2s/c(=C\c3ccc(OCc4ccccc4C#N)c(Br)c3)c(=O)n2[C@@H]1c1cccc(OC)c1OC. The van der Waals surface area contributed by atoms with Gasteiger partial charge in [0.2, 0.25) is 0 Å². The summed E-state index contributed by atoms with van der Waals surface area (Å²) in [4.78, 5) is 32.4. The van der Waals surface area contributed by atoms with Crippen molar-refractivity contribution in [2.75, 3.05) is 20.8 Å². The van der Waals surface area contributed by atoms with Crippen molar-refractivity contribution >= 4 is 39.3 Å². The number of methoxy groups -OCH3 is 2. The smallest absolute Gasteiger partial charge is 0.338 e. The minimum Gasteiger partial charge on any atom is -0.493 e. The van der Waals surface area contributed by atoms with Crippen LogP contribution >= 0.6 is 27.3 Å². The number of rotatable bonds is 9. The van der Waals surface area contributed by atoms with Gasteiger partial charge in [-0.25, -0.2) is 9.79 Å². The fourth-order valence-corrected chi connectivity index (χ4v) is 6.56. The molecule has 0 radical (unpaired) electrons. The molecule has 0 fully saturated rings. The highest BCUT2D eigenvalue weighted by molar-refractivity contribution is 9.10. The van der Waals surface area contributed by atoms with Gasteiger partial charge in [-0.2, -0.15) is 5.26 Å². The van der Waals surface area contributed by atoms with Gasteiger partial charge in [-0.15, -0.1) is 0 Å². The van der Waals surface area contributed by atoms with Gasteiger partial charge < -0.3 is 18.9 Å². The summed E-state index contributed by atoms with van der Waals surface area (Å²) in [5, 5.41) is 9.35. The molecular weight excluding hydrogens is 646 g/mol. The van der Waals surface area contributed by atoms with Crippen LogP contribution in [0.15, 0.2) is 86.2 Å². The van der Waals surface area contributed by atoms with Crippen molar-refractivity contribution in [1.29, 1.82) is 5.26 Å². The monoisotopic (exact) mass is 673 g/mol. The molecule has 0 saturated heterocycles. The molecule has 1 aliphatic heterocycles. The molecule has 0 bridgehead atoms. The van der Waals surface area contributed by atoms with E-state index in [1.165, 1.54) is 30.1 Å². The topological polar surface area (TPSA) is 112 Å². The summed E-state index contributed by atoms with van der Waals surface area (Å²) in [6.45, 7) is 3.86. The molecule has 1 atom stereocenters. The van der Waals surface area contributed by atoms with E-state index < -0.39 is 12.0 Å². The maximum absolute atomic E-state index is 14.0. The van der Waals surface area contributed by atoms with Crippen LogP contribution in [-0.4, -0.2) is 31.4 Å². The minimum atomic E-state index is -0.851. The predicted molar refractivity (Wildman–Crippen MR) is 170 cm³/mol. The predicted octanol–water partition coefficient (Wildman–Crippen LogP) is 5.03. The Labute approximate surface area is 266 Å². The number of nitrogens with zero attached hydrogens (tertiary/aromatic N) is 3. The first-order valence-electron chi connectivity index (χ1n) is 13.6. The van der Waals surface area contributed by atoms with Gasteiger partial charge >= 0.3 is 5.97 Å². The van der Waals surface area contributed by atoms with E-state index in [1.807, 2.05) is 30.3 Å². The van der Waals surface area contributed by atoms with Gasteiger partial charge in [-0.1, -0.05) is 47.7 Å². The van der Waals surface area contributed by atoms with Crippen LogP contribution in [0.3, 0.4) is 0 Å². The quantitative estimate of drug-likeness (QED) is 0.229. The van der Waals surface area contributed by atoms with Gasteiger partial charge in [0.25, 0.3) is 5.56 Å². The van der Waals surface area contributed by atoms with Crippen LogP contribution in [0.4, 0.5) is 0 Å². The van der Waals surface area contributed by atoms with Gasteiger partial charge in [0.15, 0.2) is 16.3 Å². The third-order valence-corrected chi connectivity index (χ3v) is 8.62. The Morgan fingerprint density at radius 3 is 2.61 bits per heavy atom. The normalized spacial score (nSPS) is 14.4. The second kappa shape index (κ2) is 13.3. The molecule has 1 aromatic heterocycles. The second-order valence-corrected chi connectivity index (χ2v) is 11.5. The molecule has 11 heteroatoms. The van der Waals surface area contributed by atoms with Crippen molar-refractivity contribution in [3.63, 3.8) is 0 Å². The Hall–Kier alpha value is -4.66. The Balaban J connectivity index is 1.57. The average molecular weight is 675 g/mol. The number of benzene rings is 3. The zero-order chi connectivity index (χ0) is 31.4. The molecule has 4 aromatic rings. The number of hydrogen-bond acceptors (Lipinski definition) is 9. The summed E-state index contributed by atoms with van der Waals surface area (Å²) < 4.78 is 25.2. The second-order valence-electron chi connectivity index (χ2n) is 9.63. The molecule has 0 saturated carbocycles. The zero-order valence-corrected chi connectivity index (χ0v) is 26.8. The number of para-hydroxylation sites is 1. The summed E-state index contributed by atoms with van der Waals surface area (Å²) in [5.74, 6) is 0.905. The molecule has 9 nitrogen and oxygen atoms in total. The van der Waals surface area contributed by atoms with Crippen molar-refractivity contribution < 1.29 is 23.7 Å². The van der Waals surface area contributed by atoms with Crippen LogP contribution in [0, 0.1) is 11.3 Å². The van der Waals surface area contributed by atoms with E-state index in [0.717, 1.165) is 11.1 Å². The Morgan fingerprint density at radius 1 is 1.11 bits per heavy atom. The van der Waals surface area contributed by atoms with Crippen LogP contribution in [0.5, 0.6) is 17.2 Å². The first-order chi connectivity index (χ1) is 21.3. The highest BCUT2D eigenvalue weighted by atomic mass is 79.9. The Kier molecular flexibility index (Phi) is 9.32. The van der Waals surface area contributed by atoms with Gasteiger partial charge in [-0.05, 0) is 65.7 Å². The lowest BCUT2D eigenvalue weighted by atomic mass is 9.94. The van der Waals surface area contributed by atoms with Crippen LogP contribution in [-0.2, 0) is 16.1 Å². The molecule has 0 spiro atoms. The van der Waals surface area contributed by atoms with Gasteiger partial charge in [-0.3, -0.25) is 9.36 Å². The summed E-state index contributed by atoms with van der Waals surface area (Å²) in [7, 11) is 3.04. The van der Waals surface area contributed by atoms with Crippen molar-refractivity contribution in [1.82, 2.24) is 4.57 Å². The van der Waals surface area contributed by atoms with E-state index in [0.29, 0.717) is 47.9 Å². The van der Waals surface area contributed by atoms with Crippen molar-refractivity contribution in [3.05, 3.63) is 118 Å². The maximum atomic E-state index is 14.0. The molecule has 5 rings (SSSR count). The molecule has 44 heavy (non-hydrogen) atoms. The minimum absolute atomic E-state index is 0.168. The third-order valence-electron chi connectivity index (χ3n) is 7.02. The van der Waals surface area contributed by atoms with Crippen molar-refractivity contribution in [2.24, 2.45) is 4.99 Å². The van der Waals surface area contributed by atoms with E-state index in [9.17, 15) is 14.9 Å². The first kappa shape index (κ1) is 30.8. The summed E-state index contributed by atoms with van der Waals surface area (Å²) in [5.41, 5.74) is 3.05. The highest BCUT2D eigenvalue weighted by Crippen LogP contribution is 2.40. The molecule has 1 aliphatic rings. The fourth-order valence-electron chi connectivity index (χ4n) is 5.00. The first-order valence-corrected chi connectivity index (χ1v) is 15.2. The number of carbonyl (C=O) groups is 1. The number of carbonyl (C=O) groups excluding carboxylic acids is 1. The van der Waals surface area contributed by atoms with Gasteiger partial charge in [0, 0.05) is 11.1 Å². The summed E-state index contributed by atoms with van der Waals surface area (Å²) >= 11 is 4.79. The molecule has 2 heterocycles. The highest BCUT2D eigenvalue weighted by Gasteiger charge is 2.35. The fraction of sp³-hybridized carbons (Fsp3) is 0.212. The lowest BCUT2D eigenvalue weighted by Crippen LogP contribution is -2.40. The Morgan fingerprint density at radius 2 is 1.91 bits per heavy atom. The number of allylic oxidation sites excluding steroid dienone is 1. The maximum Gasteiger partial charge on any atom is 0.338 e. The number of hydrogen-bond donors (Lipinski definition) is 0. The summed E-state index contributed by atoms with van der Waals surface area (Å²) in [6, 6.07) is 19.4. The summed E-state index contributed by atoms with van der Waals surface area (Å²) in [6.07, 6.45) is 1.77. The van der Waals surface area contributed by atoms with Gasteiger partial charge in [0.1, 0.15) is 18.4 Å². The van der Waals surface area contributed by atoms with E-state index in [2.05, 4.69) is 27.0 Å².